The number of aromatic nitrogens is 4. The molecule has 0 spiro atoms. The summed E-state index contributed by atoms with van der Waals surface area (Å²) < 4.78 is 52.6. The van der Waals surface area contributed by atoms with Gasteiger partial charge in [0, 0.05) is 46.8 Å². The molecule has 7 rings (SSSR count). The lowest BCUT2D eigenvalue weighted by molar-refractivity contribution is -0.144. The molecule has 0 bridgehead atoms. The Bertz CT molecular complexity index is 3190. The van der Waals surface area contributed by atoms with Crippen LogP contribution >= 0.6 is 45.1 Å². The fraction of sp³-hybridized carbons (Fsp3) is 0.509. The van der Waals surface area contributed by atoms with E-state index in [-0.39, 0.29) is 78.0 Å². The lowest BCUT2D eigenvalue weighted by atomic mass is 9.85. The number of amides is 4. The topological polar surface area (TPSA) is 261 Å². The van der Waals surface area contributed by atoms with Crippen LogP contribution in [0.15, 0.2) is 59.0 Å². The van der Waals surface area contributed by atoms with Crippen molar-refractivity contribution in [3.8, 4) is 15.4 Å². The van der Waals surface area contributed by atoms with Crippen molar-refractivity contribution < 1.29 is 56.1 Å². The third-order valence-corrected chi connectivity index (χ3v) is 18.7. The highest BCUT2D eigenvalue weighted by molar-refractivity contribution is 8.72. The lowest BCUT2D eigenvalue weighted by Gasteiger charge is -2.35. The molecule has 26 heteroatoms. The molecule has 2 aliphatic rings. The van der Waals surface area contributed by atoms with Gasteiger partial charge in [0.1, 0.15) is 48.3 Å². The zero-order chi connectivity index (χ0) is 58.8. The average Bonchev–Trinajstić information content (AvgIpc) is 4.26. The third kappa shape index (κ3) is 17.1. The maximum atomic E-state index is 14.5. The second-order valence-electron chi connectivity index (χ2n) is 21.4. The van der Waals surface area contributed by atoms with E-state index in [1.807, 2.05) is 66.9 Å². The molecule has 4 amide bonds. The van der Waals surface area contributed by atoms with Gasteiger partial charge in [0.05, 0.1) is 72.5 Å². The highest BCUT2D eigenvalue weighted by Gasteiger charge is 2.46. The molecule has 3 N–H and O–H groups in total. The van der Waals surface area contributed by atoms with Crippen LogP contribution in [0.5, 0.6) is 0 Å². The molecule has 438 valence electrons. The summed E-state index contributed by atoms with van der Waals surface area (Å²) >= 11 is 9.41. The number of thiophene rings is 1. The van der Waals surface area contributed by atoms with Gasteiger partial charge in [-0.2, -0.15) is 0 Å². The maximum Gasteiger partial charge on any atom is 0.508 e. The summed E-state index contributed by atoms with van der Waals surface area (Å²) in [6.45, 7) is 16.9. The Kier molecular flexibility index (Phi) is 21.3. The van der Waals surface area contributed by atoms with Gasteiger partial charge >= 0.3 is 6.16 Å². The molecule has 81 heavy (non-hydrogen) atoms. The molecule has 4 atom stereocenters. The zero-order valence-corrected chi connectivity index (χ0v) is 51.1. The molecule has 3 aromatic heterocycles. The van der Waals surface area contributed by atoms with Gasteiger partial charge in [-0.1, -0.05) is 68.8 Å². The van der Waals surface area contributed by atoms with Crippen molar-refractivity contribution >= 4 is 89.4 Å². The van der Waals surface area contributed by atoms with Crippen LogP contribution in [0.4, 0.5) is 4.79 Å². The number of aliphatic imine (C=N–C) groups is 1. The molecule has 5 heterocycles. The van der Waals surface area contributed by atoms with Crippen LogP contribution in [0.1, 0.15) is 98.0 Å². The number of carbonyl (C=O) groups is 5. The van der Waals surface area contributed by atoms with Gasteiger partial charge in [-0.15, -0.1) is 32.9 Å². The predicted octanol–water partition coefficient (Wildman–Crippen LogP) is 7.23. The Hall–Kier alpha value is -5.80. The molecular formula is C55H70ClN9O12S4. The van der Waals surface area contributed by atoms with Crippen LogP contribution in [0.2, 0.25) is 5.02 Å². The number of carbonyl (C=O) groups excluding carboxylic acids is 5. The number of thiazole rings is 1. The molecule has 2 aliphatic heterocycles. The van der Waals surface area contributed by atoms with Gasteiger partial charge in [-0.25, -0.2) is 18.2 Å². The van der Waals surface area contributed by atoms with Crippen LogP contribution in [0, 0.1) is 33.1 Å². The molecule has 5 aromatic rings. The first kappa shape index (κ1) is 62.8. The number of rotatable bonds is 25. The Labute approximate surface area is 489 Å². The van der Waals surface area contributed by atoms with E-state index in [9.17, 15) is 32.4 Å². The number of likely N-dealkylation sites (tertiary alicyclic amines) is 1. The normalized spacial score (nSPS) is 16.7. The first-order valence-electron chi connectivity index (χ1n) is 26.3. The number of halogens is 1. The van der Waals surface area contributed by atoms with Crippen molar-refractivity contribution in [2.24, 2.45) is 10.4 Å². The first-order chi connectivity index (χ1) is 38.3. The highest BCUT2D eigenvalue weighted by Crippen LogP contribution is 2.40. The molecule has 0 aliphatic carbocycles. The second kappa shape index (κ2) is 27.5. The van der Waals surface area contributed by atoms with Gasteiger partial charge in [-0.05, 0) is 86.6 Å². The summed E-state index contributed by atoms with van der Waals surface area (Å²) in [5.74, 6) is -0.601. The van der Waals surface area contributed by atoms with Crippen molar-refractivity contribution in [3.05, 3.63) is 104 Å². The Morgan fingerprint density at radius 1 is 0.864 bits per heavy atom. The quantitative estimate of drug-likeness (QED) is 0.0296. The molecule has 0 radical (unpaired) electrons. The number of nitrogens with zero attached hydrogens (tertiary/aromatic N) is 6. The van der Waals surface area contributed by atoms with Gasteiger partial charge in [0.25, 0.3) is 0 Å². The van der Waals surface area contributed by atoms with Crippen molar-refractivity contribution in [1.82, 2.24) is 40.6 Å². The predicted molar refractivity (Wildman–Crippen MR) is 312 cm³/mol. The number of nitrogens with one attached hydrogen (secondary N) is 3. The van der Waals surface area contributed by atoms with Crippen LogP contribution < -0.4 is 16.0 Å². The number of benzene rings is 2. The van der Waals surface area contributed by atoms with Crippen molar-refractivity contribution in [2.45, 2.75) is 111 Å². The van der Waals surface area contributed by atoms with E-state index in [2.05, 4.69) is 45.0 Å². The molecule has 0 saturated carbocycles. The number of hydrogen-bond donors (Lipinski definition) is 3. The molecule has 0 unspecified atom stereocenters. The minimum absolute atomic E-state index is 0.0357. The van der Waals surface area contributed by atoms with E-state index in [4.69, 9.17) is 40.3 Å². The van der Waals surface area contributed by atoms with E-state index in [0.29, 0.717) is 27.5 Å². The van der Waals surface area contributed by atoms with Gasteiger partial charge < -0.3 is 44.5 Å². The van der Waals surface area contributed by atoms with Gasteiger partial charge in [0.15, 0.2) is 14.7 Å². The van der Waals surface area contributed by atoms with E-state index in [0.717, 1.165) is 60.2 Å². The van der Waals surface area contributed by atoms with Gasteiger partial charge in [0.2, 0.25) is 23.6 Å². The maximum absolute atomic E-state index is 14.5. The van der Waals surface area contributed by atoms with E-state index in [1.54, 1.807) is 51.5 Å². The van der Waals surface area contributed by atoms with Crippen LogP contribution in [-0.4, -0.2) is 157 Å². The van der Waals surface area contributed by atoms with Crippen LogP contribution in [0.25, 0.3) is 15.4 Å². The average molecular weight is 1210 g/mol. The molecule has 21 nitrogen and oxygen atoms in total. The summed E-state index contributed by atoms with van der Waals surface area (Å²) in [5.41, 5.74) is 7.36. The number of hydrogen-bond acceptors (Lipinski definition) is 19. The highest BCUT2D eigenvalue weighted by atomic mass is 35.5. The largest absolute Gasteiger partial charge is 0.508 e. The van der Waals surface area contributed by atoms with Crippen LogP contribution in [0.3, 0.4) is 0 Å². The fourth-order valence-corrected chi connectivity index (χ4v) is 14.8. The SMILES string of the molecule is Cc1ncsc1-c1ccc(CNC(=O)[C@@H]2C[C@@H](OC(=O)OCC(C)(C)SS(C)(=O)=O)CN2C(=O)[C@@H](NC(=O)COCCOCCOCCNC(=O)C[C@@H]2N=C(c3ccc(Cl)cc3)c3c(sc(C)c3C)-n3c(C)nnc32)C(C)(C)C)cc1. The Morgan fingerprint density at radius 2 is 1.53 bits per heavy atom. The Morgan fingerprint density at radius 3 is 2.19 bits per heavy atom. The molecular weight excluding hydrogens is 1140 g/mol. The first-order valence-corrected chi connectivity index (χ1v) is 31.6. The second-order valence-corrected chi connectivity index (χ2v) is 28.8. The summed E-state index contributed by atoms with van der Waals surface area (Å²) in [4.78, 5) is 81.1. The summed E-state index contributed by atoms with van der Waals surface area (Å²) in [6.07, 6.45) is -1.03. The van der Waals surface area contributed by atoms with E-state index >= 15 is 0 Å². The van der Waals surface area contributed by atoms with Crippen LogP contribution in [-0.2, 0) is 58.3 Å². The molecule has 1 saturated heterocycles. The Balaban J connectivity index is 0.853. The molecule has 1 fully saturated rings. The zero-order valence-electron chi connectivity index (χ0n) is 47.1. The van der Waals surface area contributed by atoms with Crippen molar-refractivity contribution in [1.29, 1.82) is 0 Å². The standard InChI is InChI=1S/C55H70ClN9O12S4/c1-32-34(3)79-52-45(32)46(37-15-17-39(56)18-16-37)60-41(49-63-62-35(4)65(49)52)26-43(66)57-19-20-73-21-22-74-23-24-75-29-44(67)61-48(54(5,6)7)51(69)64-28-40(77-53(70)76-30-55(8,9)80-81(10,71)72)25-42(64)50(68)58-27-36-11-13-38(14-12-36)47-33(2)59-31-78-47/h11-18,31,40-42,48H,19-30H2,1-10H3,(H,57,66)(H,58,68)(H,61,67)/t40-,41+,42+,48-/m1/s1. The molecule has 2 aromatic carbocycles. The third-order valence-electron chi connectivity index (χ3n) is 13.2. The summed E-state index contributed by atoms with van der Waals surface area (Å²) in [7, 11) is -2.82. The monoisotopic (exact) mass is 1210 g/mol. The summed E-state index contributed by atoms with van der Waals surface area (Å²) in [5, 5.41) is 19.0. The van der Waals surface area contributed by atoms with E-state index in [1.165, 1.54) is 16.2 Å². The fourth-order valence-electron chi connectivity index (χ4n) is 9.14. The van der Waals surface area contributed by atoms with Crippen molar-refractivity contribution in [2.75, 3.05) is 65.6 Å². The minimum Gasteiger partial charge on any atom is -0.433 e. The van der Waals surface area contributed by atoms with E-state index < -0.39 is 73.7 Å². The number of fused-ring (bicyclic) bond motifs is 3. The minimum atomic E-state index is -3.46. The van der Waals surface area contributed by atoms with Crippen molar-refractivity contribution in [3.63, 3.8) is 0 Å². The summed E-state index contributed by atoms with van der Waals surface area (Å²) in [6, 6.07) is 12.3. The smallest absolute Gasteiger partial charge is 0.433 e. The lowest BCUT2D eigenvalue weighted by Crippen LogP contribution is -2.58. The number of ether oxygens (including phenoxy) is 5. The number of aryl methyl sites for hydroxylation is 3. The van der Waals surface area contributed by atoms with Gasteiger partial charge in [-0.3, -0.25) is 28.7 Å².